The van der Waals surface area contributed by atoms with Gasteiger partial charge in [-0.2, -0.15) is 5.26 Å². The molecule has 0 saturated heterocycles. The van der Waals surface area contributed by atoms with Crippen LogP contribution in [0.2, 0.25) is 0 Å². The molecule has 0 saturated carbocycles. The smallest absolute Gasteiger partial charge is 0.230 e. The predicted octanol–water partition coefficient (Wildman–Crippen LogP) is 3.11. The minimum Gasteiger partial charge on any atom is -0.351 e. The van der Waals surface area contributed by atoms with Crippen molar-refractivity contribution in [3.05, 3.63) is 71.5 Å². The lowest BCUT2D eigenvalue weighted by atomic mass is 10.1. The third-order valence-electron chi connectivity index (χ3n) is 4.03. The number of nitrogens with one attached hydrogen (secondary N) is 1. The average Bonchev–Trinajstić information content (AvgIpc) is 3.19. The number of benzene rings is 2. The van der Waals surface area contributed by atoms with Gasteiger partial charge < -0.3 is 5.32 Å². The Kier molecular flexibility index (Phi) is 6.23. The molecule has 0 aliphatic heterocycles. The number of nitrogens with zero attached hydrogens (tertiary/aromatic N) is 4. The van der Waals surface area contributed by atoms with Crippen molar-refractivity contribution in [3.8, 4) is 11.8 Å². The molecule has 2 aromatic carbocycles. The molecule has 0 bridgehead atoms. The highest BCUT2D eigenvalue weighted by Crippen LogP contribution is 2.22. The number of rotatable bonds is 7. The van der Waals surface area contributed by atoms with Gasteiger partial charge in [-0.05, 0) is 35.7 Å². The van der Waals surface area contributed by atoms with Gasteiger partial charge in [0.05, 0.1) is 23.1 Å². The molecule has 1 aromatic heterocycles. The molecule has 0 spiro atoms. The van der Waals surface area contributed by atoms with Crippen LogP contribution < -0.4 is 5.32 Å². The van der Waals surface area contributed by atoms with Crippen molar-refractivity contribution >= 4 is 17.7 Å². The number of thioether (sulfide) groups is 1. The van der Waals surface area contributed by atoms with E-state index in [4.69, 9.17) is 5.26 Å². The van der Waals surface area contributed by atoms with Gasteiger partial charge in [0.2, 0.25) is 5.91 Å². The van der Waals surface area contributed by atoms with Gasteiger partial charge in [0.15, 0.2) is 5.16 Å². The zero-order valence-electron chi connectivity index (χ0n) is 14.9. The second-order valence-corrected chi connectivity index (χ2v) is 6.79. The fourth-order valence-corrected chi connectivity index (χ4v) is 3.42. The van der Waals surface area contributed by atoms with Crippen LogP contribution in [0.25, 0.3) is 5.69 Å². The third-order valence-corrected chi connectivity index (χ3v) is 4.97. The van der Waals surface area contributed by atoms with Crippen LogP contribution in [0.5, 0.6) is 0 Å². The Bertz CT molecular complexity index is 976. The minimum atomic E-state index is -0.0966. The van der Waals surface area contributed by atoms with Crippen LogP contribution in [-0.2, 0) is 17.8 Å². The maximum Gasteiger partial charge on any atom is 0.230 e. The van der Waals surface area contributed by atoms with Gasteiger partial charge in [-0.25, -0.2) is 0 Å². The van der Waals surface area contributed by atoms with Gasteiger partial charge in [-0.15, -0.1) is 10.2 Å². The second-order valence-electron chi connectivity index (χ2n) is 5.84. The summed E-state index contributed by atoms with van der Waals surface area (Å²) in [7, 11) is 0. The summed E-state index contributed by atoms with van der Waals surface area (Å²) in [5.74, 6) is 0.144. The Morgan fingerprint density at radius 1 is 1.26 bits per heavy atom. The van der Waals surface area contributed by atoms with Gasteiger partial charge >= 0.3 is 0 Å². The van der Waals surface area contributed by atoms with E-state index < -0.39 is 0 Å². The summed E-state index contributed by atoms with van der Waals surface area (Å²) in [5, 5.41) is 20.6. The summed E-state index contributed by atoms with van der Waals surface area (Å²) < 4.78 is 1.91. The molecule has 0 fully saturated rings. The molecule has 0 aliphatic carbocycles. The van der Waals surface area contributed by atoms with Crippen LogP contribution >= 0.6 is 11.8 Å². The summed E-state index contributed by atoms with van der Waals surface area (Å²) >= 11 is 1.34. The quantitative estimate of drug-likeness (QED) is 0.640. The minimum absolute atomic E-state index is 0.0966. The first-order valence-electron chi connectivity index (χ1n) is 8.58. The molecule has 1 heterocycles. The van der Waals surface area contributed by atoms with E-state index in [0.29, 0.717) is 17.3 Å². The molecule has 1 amide bonds. The summed E-state index contributed by atoms with van der Waals surface area (Å²) in [6.07, 6.45) is 2.57. The van der Waals surface area contributed by atoms with Gasteiger partial charge in [-0.1, -0.05) is 49.0 Å². The number of carbonyl (C=O) groups is 1. The van der Waals surface area contributed by atoms with Crippen LogP contribution in [0.15, 0.2) is 60.0 Å². The number of aromatic nitrogens is 3. The van der Waals surface area contributed by atoms with Crippen molar-refractivity contribution in [1.82, 2.24) is 20.1 Å². The second kappa shape index (κ2) is 9.01. The third kappa shape index (κ3) is 4.74. The molecule has 1 N–H and O–H groups in total. The zero-order chi connectivity index (χ0) is 19.1. The Morgan fingerprint density at radius 3 is 2.93 bits per heavy atom. The fourth-order valence-electron chi connectivity index (χ4n) is 2.67. The van der Waals surface area contributed by atoms with E-state index in [9.17, 15) is 4.79 Å². The van der Waals surface area contributed by atoms with Gasteiger partial charge in [-0.3, -0.25) is 9.36 Å². The van der Waals surface area contributed by atoms with E-state index >= 15 is 0 Å². The fraction of sp³-hybridized carbons (Fsp3) is 0.200. The highest BCUT2D eigenvalue weighted by Gasteiger charge is 2.12. The van der Waals surface area contributed by atoms with Crippen molar-refractivity contribution in [2.75, 3.05) is 5.75 Å². The lowest BCUT2D eigenvalue weighted by Crippen LogP contribution is -2.24. The van der Waals surface area contributed by atoms with Crippen LogP contribution in [0.1, 0.15) is 23.6 Å². The van der Waals surface area contributed by atoms with Gasteiger partial charge in [0.1, 0.15) is 6.33 Å². The Labute approximate surface area is 162 Å². The standard InChI is InChI=1S/C20H19N5OS/c1-2-17-8-3-4-9-18(17)25-14-23-24-20(25)27-13-19(26)22-12-16-7-5-6-15(10-16)11-21/h3-10,14H,2,12-13H2,1H3,(H,22,26). The van der Waals surface area contributed by atoms with Crippen LogP contribution in [0.3, 0.4) is 0 Å². The first-order chi connectivity index (χ1) is 13.2. The summed E-state index contributed by atoms with van der Waals surface area (Å²) in [6.45, 7) is 2.49. The SMILES string of the molecule is CCc1ccccc1-n1cnnc1SCC(=O)NCc1cccc(C#N)c1. The molecule has 7 heteroatoms. The molecule has 0 aliphatic rings. The van der Waals surface area contributed by atoms with Crippen molar-refractivity contribution in [3.63, 3.8) is 0 Å². The Balaban J connectivity index is 1.60. The summed E-state index contributed by atoms with van der Waals surface area (Å²) in [5.41, 5.74) is 3.70. The zero-order valence-corrected chi connectivity index (χ0v) is 15.7. The Hall–Kier alpha value is -3.11. The van der Waals surface area contributed by atoms with Gasteiger partial charge in [0.25, 0.3) is 0 Å². The summed E-state index contributed by atoms with van der Waals surface area (Å²) in [4.78, 5) is 12.2. The number of carbonyl (C=O) groups excluding carboxylic acids is 1. The molecular formula is C20H19N5OS. The van der Waals surface area contributed by atoms with Crippen LogP contribution in [-0.4, -0.2) is 26.4 Å². The Morgan fingerprint density at radius 2 is 2.11 bits per heavy atom. The lowest BCUT2D eigenvalue weighted by Gasteiger charge is -2.10. The van der Waals surface area contributed by atoms with Crippen molar-refractivity contribution in [1.29, 1.82) is 5.26 Å². The van der Waals surface area contributed by atoms with Gasteiger partial charge in [0, 0.05) is 6.54 Å². The van der Waals surface area contributed by atoms with Crippen LogP contribution in [0, 0.1) is 11.3 Å². The predicted molar refractivity (Wildman–Crippen MR) is 104 cm³/mol. The number of hydrogen-bond donors (Lipinski definition) is 1. The van der Waals surface area contributed by atoms with E-state index in [2.05, 4.69) is 34.6 Å². The van der Waals surface area contributed by atoms with Crippen molar-refractivity contribution in [2.45, 2.75) is 25.0 Å². The number of amides is 1. The van der Waals surface area contributed by atoms with Crippen molar-refractivity contribution in [2.24, 2.45) is 0 Å². The maximum absolute atomic E-state index is 12.2. The van der Waals surface area contributed by atoms with E-state index in [0.717, 1.165) is 17.7 Å². The topological polar surface area (TPSA) is 83.6 Å². The van der Waals surface area contributed by atoms with Crippen LogP contribution in [0.4, 0.5) is 0 Å². The largest absolute Gasteiger partial charge is 0.351 e. The van der Waals surface area contributed by atoms with E-state index in [-0.39, 0.29) is 11.7 Å². The molecule has 6 nitrogen and oxygen atoms in total. The highest BCUT2D eigenvalue weighted by atomic mass is 32.2. The molecule has 136 valence electrons. The first-order valence-corrected chi connectivity index (χ1v) is 9.56. The molecule has 3 rings (SSSR count). The van der Waals surface area contributed by atoms with Crippen molar-refractivity contribution < 1.29 is 4.79 Å². The van der Waals surface area contributed by atoms with E-state index in [1.807, 2.05) is 34.9 Å². The number of nitriles is 1. The molecule has 27 heavy (non-hydrogen) atoms. The maximum atomic E-state index is 12.2. The monoisotopic (exact) mass is 377 g/mol. The first kappa shape index (κ1) is 18.7. The number of para-hydroxylation sites is 1. The highest BCUT2D eigenvalue weighted by molar-refractivity contribution is 7.99. The molecular weight excluding hydrogens is 358 g/mol. The lowest BCUT2D eigenvalue weighted by molar-refractivity contribution is -0.118. The molecule has 0 radical (unpaired) electrons. The average molecular weight is 377 g/mol. The molecule has 3 aromatic rings. The van der Waals surface area contributed by atoms with E-state index in [1.165, 1.54) is 17.3 Å². The molecule has 0 unspecified atom stereocenters. The number of hydrogen-bond acceptors (Lipinski definition) is 5. The molecule has 0 atom stereocenters. The summed E-state index contributed by atoms with van der Waals surface area (Å²) in [6, 6.07) is 17.4. The van der Waals surface area contributed by atoms with E-state index in [1.54, 1.807) is 18.5 Å². The normalized spacial score (nSPS) is 10.4. The number of aryl methyl sites for hydroxylation is 1.